The normalized spacial score (nSPS) is 12.9. The quantitative estimate of drug-likeness (QED) is 0.641. The Balaban J connectivity index is 2.92. The number of anilines is 1. The van der Waals surface area contributed by atoms with E-state index in [1.54, 1.807) is 0 Å². The lowest BCUT2D eigenvalue weighted by Gasteiger charge is -2.17. The molecular weight excluding hydrogens is 362 g/mol. The Kier molecular flexibility index (Phi) is 7.91. The third-order valence-corrected chi connectivity index (χ3v) is 4.99. The monoisotopic (exact) mass is 382 g/mol. The first-order valence-corrected chi connectivity index (χ1v) is 10.3. The number of nitrogens with one attached hydrogen (secondary N) is 2. The summed E-state index contributed by atoms with van der Waals surface area (Å²) in [5.41, 5.74) is -0.603. The first kappa shape index (κ1) is 20.7. The summed E-state index contributed by atoms with van der Waals surface area (Å²) >= 11 is 1.49. The molecular formula is C14H20F2N2O4S2. The molecule has 1 aromatic rings. The number of carbonyl (C=O) groups is 1. The molecule has 3 N–H and O–H groups in total. The van der Waals surface area contributed by atoms with Crippen LogP contribution in [0.1, 0.15) is 18.4 Å². The standard InChI is InChI=1S/C14H20F2N2O4S2/c1-23-8-10(5-6-19)18-14(20)17-9-3-4-12(24(2,21)22)11(7-9)13(15)16/h3-4,7,10,13,19H,5-6,8H2,1-2H3,(H2,17,18,20). The SMILES string of the molecule is CSCC(CCO)NC(=O)Nc1ccc(S(C)(=O)=O)c(C(F)F)c1. The number of alkyl halides is 2. The van der Waals surface area contributed by atoms with E-state index in [9.17, 15) is 22.0 Å². The van der Waals surface area contributed by atoms with Gasteiger partial charge in [-0.3, -0.25) is 0 Å². The van der Waals surface area contributed by atoms with Crippen molar-refractivity contribution in [3.63, 3.8) is 0 Å². The van der Waals surface area contributed by atoms with Crippen LogP contribution in [0.2, 0.25) is 0 Å². The second-order valence-electron chi connectivity index (χ2n) is 5.09. The van der Waals surface area contributed by atoms with Crippen LogP contribution in [-0.2, 0) is 9.84 Å². The lowest BCUT2D eigenvalue weighted by atomic mass is 10.2. The Morgan fingerprint density at radius 1 is 1.38 bits per heavy atom. The van der Waals surface area contributed by atoms with E-state index in [1.165, 1.54) is 17.8 Å². The topological polar surface area (TPSA) is 95.5 Å². The van der Waals surface area contributed by atoms with Gasteiger partial charge in [-0.15, -0.1) is 0 Å². The first-order valence-electron chi connectivity index (χ1n) is 6.98. The van der Waals surface area contributed by atoms with Crippen LogP contribution in [-0.4, -0.2) is 50.5 Å². The Morgan fingerprint density at radius 2 is 2.04 bits per heavy atom. The van der Waals surface area contributed by atoms with Gasteiger partial charge in [0.1, 0.15) is 0 Å². The van der Waals surface area contributed by atoms with Crippen LogP contribution < -0.4 is 10.6 Å². The van der Waals surface area contributed by atoms with E-state index in [0.29, 0.717) is 12.2 Å². The number of aliphatic hydroxyl groups excluding tert-OH is 1. The van der Waals surface area contributed by atoms with Crippen LogP contribution in [0.15, 0.2) is 23.1 Å². The van der Waals surface area contributed by atoms with E-state index in [0.717, 1.165) is 18.4 Å². The van der Waals surface area contributed by atoms with Gasteiger partial charge in [-0.2, -0.15) is 11.8 Å². The van der Waals surface area contributed by atoms with Gasteiger partial charge in [0.2, 0.25) is 0 Å². The summed E-state index contributed by atoms with van der Waals surface area (Å²) < 4.78 is 49.2. The number of amides is 2. The van der Waals surface area contributed by atoms with Gasteiger partial charge in [0.25, 0.3) is 6.43 Å². The fourth-order valence-electron chi connectivity index (χ4n) is 2.04. The molecule has 136 valence electrons. The van der Waals surface area contributed by atoms with Gasteiger partial charge in [-0.25, -0.2) is 22.0 Å². The zero-order valence-corrected chi connectivity index (χ0v) is 14.9. The molecule has 24 heavy (non-hydrogen) atoms. The summed E-state index contributed by atoms with van der Waals surface area (Å²) in [7, 11) is -3.80. The number of urea groups is 1. The van der Waals surface area contributed by atoms with Crippen molar-refractivity contribution in [3.05, 3.63) is 23.8 Å². The number of rotatable bonds is 8. The number of halogens is 2. The maximum absolute atomic E-state index is 13.1. The molecule has 1 atom stereocenters. The second-order valence-corrected chi connectivity index (χ2v) is 7.98. The number of hydrogen-bond donors (Lipinski definition) is 3. The van der Waals surface area contributed by atoms with Crippen molar-refractivity contribution in [2.75, 3.05) is 30.2 Å². The Hall–Kier alpha value is -1.39. The molecule has 0 aromatic heterocycles. The zero-order chi connectivity index (χ0) is 18.3. The maximum Gasteiger partial charge on any atom is 0.319 e. The van der Waals surface area contributed by atoms with Crippen molar-refractivity contribution < 1.29 is 27.1 Å². The van der Waals surface area contributed by atoms with Gasteiger partial charge in [0.15, 0.2) is 9.84 Å². The van der Waals surface area contributed by atoms with Crippen LogP contribution in [0.3, 0.4) is 0 Å². The van der Waals surface area contributed by atoms with Crippen LogP contribution >= 0.6 is 11.8 Å². The smallest absolute Gasteiger partial charge is 0.319 e. The summed E-state index contributed by atoms with van der Waals surface area (Å²) in [5.74, 6) is 0.587. The highest BCUT2D eigenvalue weighted by molar-refractivity contribution is 7.98. The minimum Gasteiger partial charge on any atom is -0.396 e. The van der Waals surface area contributed by atoms with E-state index in [2.05, 4.69) is 10.6 Å². The van der Waals surface area contributed by atoms with Gasteiger partial charge in [0, 0.05) is 35.9 Å². The Bertz CT molecular complexity index is 663. The van der Waals surface area contributed by atoms with Gasteiger partial charge >= 0.3 is 6.03 Å². The van der Waals surface area contributed by atoms with E-state index in [4.69, 9.17) is 5.11 Å². The molecule has 0 aliphatic heterocycles. The number of aliphatic hydroxyl groups is 1. The molecule has 10 heteroatoms. The summed E-state index contributed by atoms with van der Waals surface area (Å²) in [6, 6.07) is 2.34. The molecule has 0 radical (unpaired) electrons. The predicted octanol–water partition coefficient (Wildman–Crippen LogP) is 2.26. The molecule has 6 nitrogen and oxygen atoms in total. The Labute approximate surface area is 143 Å². The fraction of sp³-hybridized carbons (Fsp3) is 0.500. The highest BCUT2D eigenvalue weighted by atomic mass is 32.2. The third kappa shape index (κ3) is 6.25. The number of sulfone groups is 1. The molecule has 0 bridgehead atoms. The van der Waals surface area contributed by atoms with Crippen molar-refractivity contribution in [3.8, 4) is 0 Å². The summed E-state index contributed by atoms with van der Waals surface area (Å²) in [6.07, 6.45) is 0.0700. The third-order valence-electron chi connectivity index (χ3n) is 3.08. The minimum absolute atomic E-state index is 0.0575. The molecule has 0 spiro atoms. The molecule has 0 saturated carbocycles. The van der Waals surface area contributed by atoms with Gasteiger partial charge in [-0.05, 0) is 30.9 Å². The average Bonchev–Trinajstić information content (AvgIpc) is 2.46. The van der Waals surface area contributed by atoms with Crippen LogP contribution in [0, 0.1) is 0 Å². The molecule has 0 heterocycles. The minimum atomic E-state index is -3.80. The molecule has 1 aromatic carbocycles. The number of carbonyl (C=O) groups excluding carboxylic acids is 1. The molecule has 0 fully saturated rings. The highest BCUT2D eigenvalue weighted by Crippen LogP contribution is 2.29. The van der Waals surface area contributed by atoms with Gasteiger partial charge in [-0.1, -0.05) is 0 Å². The molecule has 1 rings (SSSR count). The predicted molar refractivity (Wildman–Crippen MR) is 90.5 cm³/mol. The molecule has 0 aliphatic rings. The van der Waals surface area contributed by atoms with Crippen LogP contribution in [0.4, 0.5) is 19.3 Å². The zero-order valence-electron chi connectivity index (χ0n) is 13.3. The number of thioether (sulfide) groups is 1. The number of benzene rings is 1. The average molecular weight is 382 g/mol. The second kappa shape index (κ2) is 9.19. The van der Waals surface area contributed by atoms with Crippen LogP contribution in [0.5, 0.6) is 0 Å². The van der Waals surface area contributed by atoms with Gasteiger partial charge in [0.05, 0.1) is 4.90 Å². The van der Waals surface area contributed by atoms with Crippen LogP contribution in [0.25, 0.3) is 0 Å². The van der Waals surface area contributed by atoms with Crippen molar-refractivity contribution in [1.29, 1.82) is 0 Å². The maximum atomic E-state index is 13.1. The fourth-order valence-corrected chi connectivity index (χ4v) is 3.58. The Morgan fingerprint density at radius 3 is 2.54 bits per heavy atom. The molecule has 0 aliphatic carbocycles. The molecule has 0 saturated heterocycles. The lowest BCUT2D eigenvalue weighted by Crippen LogP contribution is -2.40. The van der Waals surface area contributed by atoms with Gasteiger partial charge < -0.3 is 15.7 Å². The highest BCUT2D eigenvalue weighted by Gasteiger charge is 2.21. The first-order chi connectivity index (χ1) is 11.2. The van der Waals surface area contributed by atoms with E-state index < -0.39 is 32.8 Å². The number of hydrogen-bond acceptors (Lipinski definition) is 5. The summed E-state index contributed by atoms with van der Waals surface area (Å²) in [5, 5.41) is 14.0. The van der Waals surface area contributed by atoms with Crippen molar-refractivity contribution in [2.45, 2.75) is 23.8 Å². The largest absolute Gasteiger partial charge is 0.396 e. The molecule has 2 amide bonds. The van der Waals surface area contributed by atoms with Crippen molar-refractivity contribution in [2.24, 2.45) is 0 Å². The molecule has 1 unspecified atom stereocenters. The van der Waals surface area contributed by atoms with E-state index >= 15 is 0 Å². The van der Waals surface area contributed by atoms with E-state index in [1.807, 2.05) is 6.26 Å². The van der Waals surface area contributed by atoms with Crippen molar-refractivity contribution >= 4 is 33.3 Å². The van der Waals surface area contributed by atoms with E-state index in [-0.39, 0.29) is 18.3 Å². The van der Waals surface area contributed by atoms with Crippen molar-refractivity contribution in [1.82, 2.24) is 5.32 Å². The lowest BCUT2D eigenvalue weighted by molar-refractivity contribution is 0.148. The summed E-state index contributed by atoms with van der Waals surface area (Å²) in [6.45, 7) is -0.0932. The summed E-state index contributed by atoms with van der Waals surface area (Å²) in [4.78, 5) is 11.4.